The van der Waals surface area contributed by atoms with Crippen LogP contribution in [-0.4, -0.2) is 24.6 Å². The zero-order valence-corrected chi connectivity index (χ0v) is 11.0. The van der Waals surface area contributed by atoms with Gasteiger partial charge in [0.25, 0.3) is 0 Å². The van der Waals surface area contributed by atoms with Crippen molar-refractivity contribution in [1.29, 1.82) is 0 Å². The summed E-state index contributed by atoms with van der Waals surface area (Å²) in [6, 6.07) is 0. The molecule has 1 rings (SSSR count). The van der Waals surface area contributed by atoms with Gasteiger partial charge in [0.15, 0.2) is 0 Å². The Labute approximate surface area is 103 Å². The lowest BCUT2D eigenvalue weighted by Crippen LogP contribution is -2.30. The van der Waals surface area contributed by atoms with Crippen molar-refractivity contribution in [3.05, 3.63) is 0 Å². The van der Waals surface area contributed by atoms with Crippen LogP contribution in [-0.2, 0) is 19.1 Å². The summed E-state index contributed by atoms with van der Waals surface area (Å²) in [6.45, 7) is 6.37. The fourth-order valence-corrected chi connectivity index (χ4v) is 2.29. The highest BCUT2D eigenvalue weighted by molar-refractivity contribution is 5.91. The molecule has 0 amide bonds. The molecule has 0 heterocycles. The van der Waals surface area contributed by atoms with Crippen molar-refractivity contribution < 1.29 is 19.1 Å². The molecule has 0 aliphatic heterocycles. The maximum atomic E-state index is 11.5. The van der Waals surface area contributed by atoms with Crippen molar-refractivity contribution in [1.82, 2.24) is 0 Å². The van der Waals surface area contributed by atoms with E-state index in [0.29, 0.717) is 6.61 Å². The number of rotatable bonds is 4. The Morgan fingerprint density at radius 2 is 2.00 bits per heavy atom. The van der Waals surface area contributed by atoms with E-state index >= 15 is 0 Å². The molecule has 0 radical (unpaired) electrons. The van der Waals surface area contributed by atoms with Crippen LogP contribution < -0.4 is 0 Å². The van der Waals surface area contributed by atoms with Crippen LogP contribution in [0.15, 0.2) is 0 Å². The predicted octanol–water partition coefficient (Wildman–Crippen LogP) is 2.45. The molecule has 0 aromatic rings. The summed E-state index contributed by atoms with van der Waals surface area (Å²) >= 11 is 0. The average molecular weight is 242 g/mol. The molecule has 0 aromatic carbocycles. The van der Waals surface area contributed by atoms with Gasteiger partial charge in [0.2, 0.25) is 0 Å². The van der Waals surface area contributed by atoms with Gasteiger partial charge >= 0.3 is 11.9 Å². The number of carbonyl (C=O) groups is 2. The van der Waals surface area contributed by atoms with Crippen molar-refractivity contribution in [3.63, 3.8) is 0 Å². The fraction of sp³-hybridized carbons (Fsp3) is 0.846. The minimum Gasteiger partial charge on any atom is -0.466 e. The van der Waals surface area contributed by atoms with Gasteiger partial charge in [-0.05, 0) is 38.0 Å². The second kappa shape index (κ2) is 6.03. The SMILES string of the molecule is CCOC(=O)CC(=O)O[C@@H]1CCCC(C)(C)C1. The minimum atomic E-state index is -0.507. The van der Waals surface area contributed by atoms with Gasteiger partial charge in [-0.2, -0.15) is 0 Å². The Morgan fingerprint density at radius 1 is 1.29 bits per heavy atom. The van der Waals surface area contributed by atoms with E-state index in [1.807, 2.05) is 0 Å². The Morgan fingerprint density at radius 3 is 2.59 bits per heavy atom. The lowest BCUT2D eigenvalue weighted by atomic mass is 9.76. The highest BCUT2D eigenvalue weighted by Gasteiger charge is 2.30. The third kappa shape index (κ3) is 5.20. The molecule has 0 unspecified atom stereocenters. The second-order valence-corrected chi connectivity index (χ2v) is 5.35. The molecule has 0 bridgehead atoms. The summed E-state index contributed by atoms with van der Waals surface area (Å²) in [5.74, 6) is -0.973. The lowest BCUT2D eigenvalue weighted by molar-refractivity contribution is -0.159. The molecule has 0 saturated heterocycles. The number of hydrogen-bond donors (Lipinski definition) is 0. The van der Waals surface area contributed by atoms with Gasteiger partial charge in [0.05, 0.1) is 6.61 Å². The number of ether oxygens (including phenoxy) is 2. The molecule has 4 heteroatoms. The Bertz CT molecular complexity index is 283. The highest BCUT2D eigenvalue weighted by Crippen LogP contribution is 2.36. The van der Waals surface area contributed by atoms with Crippen molar-refractivity contribution in [2.24, 2.45) is 5.41 Å². The normalized spacial score (nSPS) is 22.9. The average Bonchev–Trinajstić information content (AvgIpc) is 2.15. The zero-order valence-electron chi connectivity index (χ0n) is 11.0. The summed E-state index contributed by atoms with van der Waals surface area (Å²) in [7, 11) is 0. The van der Waals surface area contributed by atoms with Gasteiger partial charge in [-0.1, -0.05) is 13.8 Å². The maximum Gasteiger partial charge on any atom is 0.317 e. The first-order valence-corrected chi connectivity index (χ1v) is 6.28. The van der Waals surface area contributed by atoms with E-state index < -0.39 is 11.9 Å². The van der Waals surface area contributed by atoms with Crippen LogP contribution in [0.4, 0.5) is 0 Å². The molecule has 98 valence electrons. The van der Waals surface area contributed by atoms with Crippen LogP contribution in [0, 0.1) is 5.41 Å². The van der Waals surface area contributed by atoms with Crippen LogP contribution >= 0.6 is 0 Å². The quantitative estimate of drug-likeness (QED) is 0.561. The van der Waals surface area contributed by atoms with Gasteiger partial charge < -0.3 is 9.47 Å². The predicted molar refractivity (Wildman–Crippen MR) is 63.4 cm³/mol. The van der Waals surface area contributed by atoms with Crippen molar-refractivity contribution in [2.75, 3.05) is 6.61 Å². The molecule has 4 nitrogen and oxygen atoms in total. The third-order valence-electron chi connectivity index (χ3n) is 3.05. The van der Waals surface area contributed by atoms with E-state index in [0.717, 1.165) is 19.3 Å². The van der Waals surface area contributed by atoms with Crippen molar-refractivity contribution in [3.8, 4) is 0 Å². The van der Waals surface area contributed by atoms with Crippen LogP contribution in [0.1, 0.15) is 52.9 Å². The monoisotopic (exact) mass is 242 g/mol. The first-order valence-electron chi connectivity index (χ1n) is 6.28. The summed E-state index contributed by atoms with van der Waals surface area (Å²) in [4.78, 5) is 22.6. The molecule has 1 fully saturated rings. The first kappa shape index (κ1) is 14.0. The third-order valence-corrected chi connectivity index (χ3v) is 3.05. The van der Waals surface area contributed by atoms with Crippen LogP contribution in [0.2, 0.25) is 0 Å². The number of carbonyl (C=O) groups excluding carboxylic acids is 2. The van der Waals surface area contributed by atoms with Gasteiger partial charge in [0, 0.05) is 0 Å². The topological polar surface area (TPSA) is 52.6 Å². The Hall–Kier alpha value is -1.06. The molecule has 17 heavy (non-hydrogen) atoms. The molecule has 0 aromatic heterocycles. The smallest absolute Gasteiger partial charge is 0.317 e. The maximum absolute atomic E-state index is 11.5. The Kier molecular flexibility index (Phi) is 4.97. The van der Waals surface area contributed by atoms with Gasteiger partial charge in [0.1, 0.15) is 12.5 Å². The summed E-state index contributed by atoms with van der Waals surface area (Å²) in [5.41, 5.74) is 0.229. The van der Waals surface area contributed by atoms with E-state index in [4.69, 9.17) is 9.47 Å². The van der Waals surface area contributed by atoms with Gasteiger partial charge in [-0.25, -0.2) is 0 Å². The van der Waals surface area contributed by atoms with Crippen LogP contribution in [0.5, 0.6) is 0 Å². The minimum absolute atomic E-state index is 0.0410. The summed E-state index contributed by atoms with van der Waals surface area (Å²) in [6.07, 6.45) is 3.70. The molecule has 1 aliphatic rings. The number of esters is 2. The Balaban J connectivity index is 2.33. The van der Waals surface area contributed by atoms with E-state index in [-0.39, 0.29) is 17.9 Å². The largest absolute Gasteiger partial charge is 0.466 e. The first-order chi connectivity index (χ1) is 7.93. The van der Waals surface area contributed by atoms with E-state index in [9.17, 15) is 9.59 Å². The van der Waals surface area contributed by atoms with Gasteiger partial charge in [-0.3, -0.25) is 9.59 Å². The fourth-order valence-electron chi connectivity index (χ4n) is 2.29. The molecule has 1 saturated carbocycles. The van der Waals surface area contributed by atoms with E-state index in [2.05, 4.69) is 13.8 Å². The van der Waals surface area contributed by atoms with E-state index in [1.54, 1.807) is 6.92 Å². The summed E-state index contributed by atoms with van der Waals surface area (Å²) < 4.78 is 10.0. The molecule has 1 atom stereocenters. The lowest BCUT2D eigenvalue weighted by Gasteiger charge is -2.34. The molecule has 0 spiro atoms. The highest BCUT2D eigenvalue weighted by atomic mass is 16.6. The van der Waals surface area contributed by atoms with Crippen LogP contribution in [0.3, 0.4) is 0 Å². The second-order valence-electron chi connectivity index (χ2n) is 5.35. The molecule has 1 aliphatic carbocycles. The number of hydrogen-bond acceptors (Lipinski definition) is 4. The molecular weight excluding hydrogens is 220 g/mol. The van der Waals surface area contributed by atoms with E-state index in [1.165, 1.54) is 6.42 Å². The van der Waals surface area contributed by atoms with Gasteiger partial charge in [-0.15, -0.1) is 0 Å². The van der Waals surface area contributed by atoms with Crippen molar-refractivity contribution in [2.45, 2.75) is 59.0 Å². The zero-order chi connectivity index (χ0) is 12.9. The molecule has 0 N–H and O–H groups in total. The standard InChI is InChI=1S/C13H22O4/c1-4-16-11(14)8-12(15)17-10-6-5-7-13(2,3)9-10/h10H,4-9H2,1-3H3/t10-/m1/s1. The molecular formula is C13H22O4. The summed E-state index contributed by atoms with van der Waals surface area (Å²) in [5, 5.41) is 0. The van der Waals surface area contributed by atoms with Crippen molar-refractivity contribution >= 4 is 11.9 Å². The van der Waals surface area contributed by atoms with Crippen LogP contribution in [0.25, 0.3) is 0 Å².